The van der Waals surface area contributed by atoms with E-state index in [9.17, 15) is 0 Å². The van der Waals surface area contributed by atoms with Gasteiger partial charge in [-0.25, -0.2) is 0 Å². The molecule has 0 saturated carbocycles. The minimum Gasteiger partial charge on any atom is -0.497 e. The summed E-state index contributed by atoms with van der Waals surface area (Å²) < 4.78 is 6.16. The van der Waals surface area contributed by atoms with E-state index in [1.165, 1.54) is 0 Å². The molecular weight excluding hydrogens is 340 g/mol. The van der Waals surface area contributed by atoms with Crippen molar-refractivity contribution in [1.82, 2.24) is 20.2 Å². The maximum absolute atomic E-state index is 5.13. The number of hydrogen-bond donors (Lipinski definition) is 0. The summed E-state index contributed by atoms with van der Waals surface area (Å²) in [6.45, 7) is 0.587. The van der Waals surface area contributed by atoms with Crippen molar-refractivity contribution in [3.05, 3.63) is 45.7 Å². The van der Waals surface area contributed by atoms with Gasteiger partial charge in [-0.15, -0.1) is 21.5 Å². The van der Waals surface area contributed by atoms with Crippen molar-refractivity contribution in [2.75, 3.05) is 7.11 Å². The summed E-state index contributed by atoms with van der Waals surface area (Å²) in [7, 11) is 1.65. The van der Waals surface area contributed by atoms with Gasteiger partial charge >= 0.3 is 0 Å². The number of rotatable bonds is 4. The molecular formula is C13H11BrN4OS. The van der Waals surface area contributed by atoms with E-state index >= 15 is 0 Å². The summed E-state index contributed by atoms with van der Waals surface area (Å²) in [4.78, 5) is 2.59. The molecule has 2 aromatic heterocycles. The van der Waals surface area contributed by atoms with Gasteiger partial charge in [-0.1, -0.05) is 12.1 Å². The third kappa shape index (κ3) is 2.88. The Morgan fingerprint density at radius 3 is 2.75 bits per heavy atom. The standard InChI is InChI=1S/C13H11BrN4OS/c1-19-11-4-2-9(3-5-11)7-18-16-13(15-17-18)12-6-10(14)8-20-12/h2-6,8H,7H2,1H3. The van der Waals surface area contributed by atoms with Crippen LogP contribution in [0.4, 0.5) is 0 Å². The molecule has 0 fully saturated rings. The van der Waals surface area contributed by atoms with Gasteiger partial charge in [-0.3, -0.25) is 0 Å². The van der Waals surface area contributed by atoms with Crippen LogP contribution in [0.3, 0.4) is 0 Å². The van der Waals surface area contributed by atoms with Gasteiger partial charge in [0.25, 0.3) is 0 Å². The SMILES string of the molecule is COc1ccc(Cn2nnc(-c3cc(Br)cs3)n2)cc1. The lowest BCUT2D eigenvalue weighted by Gasteiger charge is -2.02. The second-order valence-corrected chi connectivity index (χ2v) is 5.95. The predicted molar refractivity (Wildman–Crippen MR) is 80.9 cm³/mol. The lowest BCUT2D eigenvalue weighted by atomic mass is 10.2. The number of methoxy groups -OCH3 is 1. The summed E-state index contributed by atoms with van der Waals surface area (Å²) in [5, 5.41) is 14.5. The first-order valence-corrected chi connectivity index (χ1v) is 7.57. The summed E-state index contributed by atoms with van der Waals surface area (Å²) in [5.74, 6) is 1.48. The number of aromatic nitrogens is 4. The van der Waals surface area contributed by atoms with Gasteiger partial charge in [0.15, 0.2) is 0 Å². The molecule has 0 spiro atoms. The fourth-order valence-corrected chi connectivity index (χ4v) is 3.08. The zero-order chi connectivity index (χ0) is 13.9. The molecule has 20 heavy (non-hydrogen) atoms. The predicted octanol–water partition coefficient (Wildman–Crippen LogP) is 3.22. The number of nitrogens with zero attached hydrogens (tertiary/aromatic N) is 4. The van der Waals surface area contributed by atoms with E-state index in [-0.39, 0.29) is 0 Å². The molecule has 3 aromatic rings. The van der Waals surface area contributed by atoms with Crippen molar-refractivity contribution >= 4 is 27.3 Å². The molecule has 0 radical (unpaired) electrons. The Balaban J connectivity index is 1.76. The van der Waals surface area contributed by atoms with Crippen LogP contribution in [-0.2, 0) is 6.54 Å². The molecule has 0 N–H and O–H groups in total. The Labute approximate surface area is 128 Å². The van der Waals surface area contributed by atoms with E-state index in [0.29, 0.717) is 12.4 Å². The smallest absolute Gasteiger partial charge is 0.214 e. The van der Waals surface area contributed by atoms with Crippen LogP contribution in [0, 0.1) is 0 Å². The van der Waals surface area contributed by atoms with Crippen LogP contribution in [0.5, 0.6) is 5.75 Å². The summed E-state index contributed by atoms with van der Waals surface area (Å²) in [5.41, 5.74) is 1.10. The molecule has 0 bridgehead atoms. The first kappa shape index (κ1) is 13.3. The van der Waals surface area contributed by atoms with Crippen LogP contribution in [-0.4, -0.2) is 27.3 Å². The van der Waals surface area contributed by atoms with Crippen molar-refractivity contribution in [2.45, 2.75) is 6.54 Å². The second kappa shape index (κ2) is 5.72. The lowest BCUT2D eigenvalue weighted by Crippen LogP contribution is -2.03. The van der Waals surface area contributed by atoms with Gasteiger partial charge in [0, 0.05) is 9.85 Å². The molecule has 0 aliphatic heterocycles. The quantitative estimate of drug-likeness (QED) is 0.724. The average Bonchev–Trinajstić information content (AvgIpc) is 3.09. The van der Waals surface area contributed by atoms with Gasteiger partial charge in [-0.05, 0) is 44.9 Å². The molecule has 5 nitrogen and oxygen atoms in total. The molecule has 2 heterocycles. The van der Waals surface area contributed by atoms with E-state index in [1.54, 1.807) is 23.2 Å². The molecule has 1 aromatic carbocycles. The Morgan fingerprint density at radius 2 is 2.10 bits per heavy atom. The molecule has 0 aliphatic rings. The van der Waals surface area contributed by atoms with E-state index in [0.717, 1.165) is 20.7 Å². The van der Waals surface area contributed by atoms with E-state index in [4.69, 9.17) is 4.74 Å². The molecule has 0 amide bonds. The van der Waals surface area contributed by atoms with Gasteiger partial charge in [-0.2, -0.15) is 4.80 Å². The van der Waals surface area contributed by atoms with Gasteiger partial charge in [0.2, 0.25) is 5.82 Å². The van der Waals surface area contributed by atoms with Crippen molar-refractivity contribution in [3.63, 3.8) is 0 Å². The minimum atomic E-state index is 0.587. The number of hydrogen-bond acceptors (Lipinski definition) is 5. The van der Waals surface area contributed by atoms with Gasteiger partial charge in [0.1, 0.15) is 5.75 Å². The highest BCUT2D eigenvalue weighted by molar-refractivity contribution is 9.10. The first-order chi connectivity index (χ1) is 9.74. The number of benzene rings is 1. The summed E-state index contributed by atoms with van der Waals surface area (Å²) in [6.07, 6.45) is 0. The van der Waals surface area contributed by atoms with Crippen molar-refractivity contribution in [3.8, 4) is 16.5 Å². The molecule has 3 rings (SSSR count). The summed E-state index contributed by atoms with van der Waals surface area (Å²) in [6, 6.07) is 9.81. The van der Waals surface area contributed by atoms with Crippen molar-refractivity contribution < 1.29 is 4.74 Å². The topological polar surface area (TPSA) is 52.8 Å². The zero-order valence-corrected chi connectivity index (χ0v) is 13.1. The molecule has 0 saturated heterocycles. The molecule has 0 atom stereocenters. The fourth-order valence-electron chi connectivity index (χ4n) is 1.73. The van der Waals surface area contributed by atoms with Crippen molar-refractivity contribution in [2.24, 2.45) is 0 Å². The molecule has 0 aliphatic carbocycles. The van der Waals surface area contributed by atoms with E-state index < -0.39 is 0 Å². The minimum absolute atomic E-state index is 0.587. The highest BCUT2D eigenvalue weighted by Gasteiger charge is 2.08. The van der Waals surface area contributed by atoms with Crippen LogP contribution < -0.4 is 4.74 Å². The van der Waals surface area contributed by atoms with Gasteiger partial charge in [0.05, 0.1) is 18.5 Å². The van der Waals surface area contributed by atoms with Crippen LogP contribution >= 0.6 is 27.3 Å². The number of thiophene rings is 1. The third-order valence-corrected chi connectivity index (χ3v) is 4.41. The summed E-state index contributed by atoms with van der Waals surface area (Å²) >= 11 is 5.00. The molecule has 102 valence electrons. The highest BCUT2D eigenvalue weighted by atomic mass is 79.9. The highest BCUT2D eigenvalue weighted by Crippen LogP contribution is 2.26. The van der Waals surface area contributed by atoms with Crippen LogP contribution in [0.25, 0.3) is 10.7 Å². The van der Waals surface area contributed by atoms with Crippen LogP contribution in [0.2, 0.25) is 0 Å². The van der Waals surface area contributed by atoms with Gasteiger partial charge < -0.3 is 4.74 Å². The van der Waals surface area contributed by atoms with E-state index in [1.807, 2.05) is 35.7 Å². The average molecular weight is 351 g/mol. The van der Waals surface area contributed by atoms with E-state index in [2.05, 4.69) is 31.3 Å². The fraction of sp³-hybridized carbons (Fsp3) is 0.154. The number of tetrazole rings is 1. The first-order valence-electron chi connectivity index (χ1n) is 5.90. The molecule has 7 heteroatoms. The number of ether oxygens (including phenoxy) is 1. The normalized spacial score (nSPS) is 10.7. The lowest BCUT2D eigenvalue weighted by molar-refractivity contribution is 0.414. The maximum atomic E-state index is 5.13. The maximum Gasteiger partial charge on any atom is 0.214 e. The van der Waals surface area contributed by atoms with Crippen LogP contribution in [0.15, 0.2) is 40.2 Å². The zero-order valence-electron chi connectivity index (χ0n) is 10.7. The molecule has 0 unspecified atom stereocenters. The third-order valence-electron chi connectivity index (χ3n) is 2.72. The Kier molecular flexibility index (Phi) is 3.79. The Morgan fingerprint density at radius 1 is 1.30 bits per heavy atom. The Hall–Kier alpha value is -1.73. The number of halogens is 1. The Bertz CT molecular complexity index is 707. The second-order valence-electron chi connectivity index (χ2n) is 4.12. The monoisotopic (exact) mass is 350 g/mol. The van der Waals surface area contributed by atoms with Crippen LogP contribution in [0.1, 0.15) is 5.56 Å². The van der Waals surface area contributed by atoms with Crippen molar-refractivity contribution in [1.29, 1.82) is 0 Å². The largest absolute Gasteiger partial charge is 0.497 e.